The zero-order chi connectivity index (χ0) is 17.5. The summed E-state index contributed by atoms with van der Waals surface area (Å²) in [7, 11) is 0. The van der Waals surface area contributed by atoms with Crippen LogP contribution in [0.5, 0.6) is 0 Å². The summed E-state index contributed by atoms with van der Waals surface area (Å²) in [6, 6.07) is 13.0. The summed E-state index contributed by atoms with van der Waals surface area (Å²) in [5, 5.41) is 5.14. The smallest absolute Gasteiger partial charge is 0.246 e. The van der Waals surface area contributed by atoms with Crippen LogP contribution in [0.3, 0.4) is 0 Å². The summed E-state index contributed by atoms with van der Waals surface area (Å²) >= 11 is 0. The van der Waals surface area contributed by atoms with Gasteiger partial charge in [0.25, 0.3) is 0 Å². The van der Waals surface area contributed by atoms with E-state index in [0.717, 1.165) is 5.56 Å². The fraction of sp³-hybridized carbons (Fsp3) is 0.158. The molecule has 5 heteroatoms. The lowest BCUT2D eigenvalue weighted by atomic mass is 10.2. The van der Waals surface area contributed by atoms with Gasteiger partial charge < -0.3 is 10.6 Å². The van der Waals surface area contributed by atoms with Crippen molar-refractivity contribution in [3.8, 4) is 0 Å². The number of anilines is 1. The molecule has 2 amide bonds. The van der Waals surface area contributed by atoms with E-state index < -0.39 is 17.8 Å². The first-order valence-electron chi connectivity index (χ1n) is 7.56. The molecule has 0 radical (unpaired) electrons. The number of rotatable bonds is 5. The molecule has 0 saturated heterocycles. The number of aryl methyl sites for hydroxylation is 1. The Morgan fingerprint density at radius 2 is 1.83 bits per heavy atom. The van der Waals surface area contributed by atoms with E-state index in [0.29, 0.717) is 11.3 Å². The first-order chi connectivity index (χ1) is 11.5. The van der Waals surface area contributed by atoms with Gasteiger partial charge in [-0.1, -0.05) is 36.4 Å². The molecule has 24 heavy (non-hydrogen) atoms. The third-order valence-electron chi connectivity index (χ3n) is 3.42. The maximum atomic E-state index is 13.5. The predicted octanol–water partition coefficient (Wildman–Crippen LogP) is 3.29. The summed E-state index contributed by atoms with van der Waals surface area (Å²) in [5.41, 5.74) is 1.74. The lowest BCUT2D eigenvalue weighted by Crippen LogP contribution is -2.40. The number of amides is 2. The number of benzene rings is 2. The summed E-state index contributed by atoms with van der Waals surface area (Å²) in [5.74, 6) is -1.19. The molecule has 2 rings (SSSR count). The van der Waals surface area contributed by atoms with Crippen LogP contribution in [0.2, 0.25) is 0 Å². The van der Waals surface area contributed by atoms with E-state index in [1.165, 1.54) is 12.1 Å². The Balaban J connectivity index is 1.89. The Morgan fingerprint density at radius 3 is 2.50 bits per heavy atom. The van der Waals surface area contributed by atoms with Crippen LogP contribution in [0.25, 0.3) is 6.08 Å². The molecule has 0 aliphatic heterocycles. The zero-order valence-electron chi connectivity index (χ0n) is 13.5. The second kappa shape index (κ2) is 8.06. The lowest BCUT2D eigenvalue weighted by molar-refractivity contribution is -0.123. The van der Waals surface area contributed by atoms with Crippen molar-refractivity contribution in [2.24, 2.45) is 0 Å². The summed E-state index contributed by atoms with van der Waals surface area (Å²) in [6.45, 7) is 3.21. The second-order valence-corrected chi connectivity index (χ2v) is 5.43. The Morgan fingerprint density at radius 1 is 1.12 bits per heavy atom. The first kappa shape index (κ1) is 17.4. The Hall–Kier alpha value is -2.95. The molecule has 4 nitrogen and oxygen atoms in total. The molecule has 1 atom stereocenters. The van der Waals surface area contributed by atoms with Gasteiger partial charge in [0.05, 0.1) is 0 Å². The van der Waals surface area contributed by atoms with Crippen molar-refractivity contribution in [3.63, 3.8) is 0 Å². The quantitative estimate of drug-likeness (QED) is 0.828. The van der Waals surface area contributed by atoms with Gasteiger partial charge in [-0.25, -0.2) is 4.39 Å². The van der Waals surface area contributed by atoms with Crippen molar-refractivity contribution in [3.05, 3.63) is 71.6 Å². The highest BCUT2D eigenvalue weighted by Gasteiger charge is 2.14. The second-order valence-electron chi connectivity index (χ2n) is 5.43. The first-order valence-corrected chi connectivity index (χ1v) is 7.56. The van der Waals surface area contributed by atoms with Crippen molar-refractivity contribution in [1.82, 2.24) is 5.32 Å². The van der Waals surface area contributed by atoms with Crippen LogP contribution in [-0.2, 0) is 9.59 Å². The molecule has 124 valence electrons. The van der Waals surface area contributed by atoms with Crippen LogP contribution < -0.4 is 10.6 Å². The van der Waals surface area contributed by atoms with Crippen LogP contribution >= 0.6 is 0 Å². The molecule has 2 aromatic carbocycles. The fourth-order valence-corrected chi connectivity index (χ4v) is 1.98. The van der Waals surface area contributed by atoms with Gasteiger partial charge in [-0.3, -0.25) is 9.59 Å². The van der Waals surface area contributed by atoms with Gasteiger partial charge in [-0.2, -0.15) is 0 Å². The minimum Gasteiger partial charge on any atom is -0.341 e. The molecule has 0 aliphatic rings. The molecule has 2 N–H and O–H groups in total. The number of halogens is 1. The average Bonchev–Trinajstić information content (AvgIpc) is 2.57. The Kier molecular flexibility index (Phi) is 5.84. The molecule has 0 aromatic heterocycles. The third-order valence-corrected chi connectivity index (χ3v) is 3.42. The van der Waals surface area contributed by atoms with Crippen LogP contribution in [0.15, 0.2) is 54.6 Å². The van der Waals surface area contributed by atoms with E-state index in [1.807, 2.05) is 30.3 Å². The largest absolute Gasteiger partial charge is 0.341 e. The minimum atomic E-state index is -0.748. The van der Waals surface area contributed by atoms with Gasteiger partial charge in [0.2, 0.25) is 11.8 Å². The monoisotopic (exact) mass is 326 g/mol. The normalized spacial score (nSPS) is 12.0. The standard InChI is InChI=1S/C19H19FN2O2/c1-13-8-10-16(12-17(13)20)22-19(24)14(2)21-18(23)11-9-15-6-4-3-5-7-15/h3-12,14H,1-2H3,(H,21,23)(H,22,24)/b11-9+. The molecule has 2 aromatic rings. The molecule has 0 bridgehead atoms. The average molecular weight is 326 g/mol. The topological polar surface area (TPSA) is 58.2 Å². The molecule has 0 fully saturated rings. The van der Waals surface area contributed by atoms with Gasteiger partial charge in [0.15, 0.2) is 0 Å². The highest BCUT2D eigenvalue weighted by Crippen LogP contribution is 2.13. The highest BCUT2D eigenvalue weighted by molar-refractivity contribution is 5.99. The SMILES string of the molecule is Cc1ccc(NC(=O)C(C)NC(=O)/C=C/c2ccccc2)cc1F. The maximum absolute atomic E-state index is 13.5. The summed E-state index contributed by atoms with van der Waals surface area (Å²) < 4.78 is 13.5. The van der Waals surface area contributed by atoms with E-state index >= 15 is 0 Å². The number of nitrogens with one attached hydrogen (secondary N) is 2. The Bertz CT molecular complexity index is 757. The lowest BCUT2D eigenvalue weighted by Gasteiger charge is -2.13. The molecular formula is C19H19FN2O2. The highest BCUT2D eigenvalue weighted by atomic mass is 19.1. The van der Waals surface area contributed by atoms with E-state index in [2.05, 4.69) is 10.6 Å². The van der Waals surface area contributed by atoms with Crippen LogP contribution in [0.4, 0.5) is 10.1 Å². The van der Waals surface area contributed by atoms with Crippen LogP contribution in [0.1, 0.15) is 18.1 Å². The number of carbonyl (C=O) groups is 2. The van der Waals surface area contributed by atoms with Crippen molar-refractivity contribution in [1.29, 1.82) is 0 Å². The molecule has 0 saturated carbocycles. The number of carbonyl (C=O) groups excluding carboxylic acids is 2. The predicted molar refractivity (Wildman–Crippen MR) is 92.8 cm³/mol. The molecular weight excluding hydrogens is 307 g/mol. The summed E-state index contributed by atoms with van der Waals surface area (Å²) in [4.78, 5) is 23.9. The minimum absolute atomic E-state index is 0.351. The van der Waals surface area contributed by atoms with Crippen LogP contribution in [-0.4, -0.2) is 17.9 Å². The van der Waals surface area contributed by atoms with Crippen molar-refractivity contribution < 1.29 is 14.0 Å². The van der Waals surface area contributed by atoms with Gasteiger partial charge in [0.1, 0.15) is 11.9 Å². The Labute approximate surface area is 140 Å². The molecule has 0 heterocycles. The number of hydrogen-bond donors (Lipinski definition) is 2. The van der Waals surface area contributed by atoms with E-state index in [4.69, 9.17) is 0 Å². The summed E-state index contributed by atoms with van der Waals surface area (Å²) in [6.07, 6.45) is 3.03. The maximum Gasteiger partial charge on any atom is 0.246 e. The van der Waals surface area contributed by atoms with Gasteiger partial charge in [-0.15, -0.1) is 0 Å². The van der Waals surface area contributed by atoms with Crippen molar-refractivity contribution in [2.45, 2.75) is 19.9 Å². The number of hydrogen-bond acceptors (Lipinski definition) is 2. The van der Waals surface area contributed by atoms with Crippen molar-refractivity contribution >= 4 is 23.6 Å². The third kappa shape index (κ3) is 5.05. The molecule has 1 unspecified atom stereocenters. The van der Waals surface area contributed by atoms with E-state index in [9.17, 15) is 14.0 Å². The molecule has 0 spiro atoms. The van der Waals surface area contributed by atoms with Gasteiger partial charge in [0, 0.05) is 11.8 Å². The van der Waals surface area contributed by atoms with E-state index in [-0.39, 0.29) is 5.91 Å². The van der Waals surface area contributed by atoms with E-state index in [1.54, 1.807) is 32.1 Å². The van der Waals surface area contributed by atoms with Crippen molar-refractivity contribution in [2.75, 3.05) is 5.32 Å². The fourth-order valence-electron chi connectivity index (χ4n) is 1.98. The molecule has 0 aliphatic carbocycles. The van der Waals surface area contributed by atoms with Gasteiger partial charge in [-0.05, 0) is 43.2 Å². The van der Waals surface area contributed by atoms with Gasteiger partial charge >= 0.3 is 0 Å². The van der Waals surface area contributed by atoms with Crippen LogP contribution in [0, 0.1) is 12.7 Å². The zero-order valence-corrected chi connectivity index (χ0v) is 13.5.